The second kappa shape index (κ2) is 4.84. The molecule has 3 nitrogen and oxygen atoms in total. The van der Waals surface area contributed by atoms with E-state index >= 15 is 0 Å². The molecule has 20 heavy (non-hydrogen) atoms. The number of halogens is 1. The summed E-state index contributed by atoms with van der Waals surface area (Å²) in [5, 5.41) is 0.693. The van der Waals surface area contributed by atoms with Crippen molar-refractivity contribution < 1.29 is 4.74 Å². The second-order valence-electron chi connectivity index (χ2n) is 5.17. The van der Waals surface area contributed by atoms with Crippen molar-refractivity contribution in [1.82, 2.24) is 9.97 Å². The summed E-state index contributed by atoms with van der Waals surface area (Å²) in [5.74, 6) is 1.56. The zero-order valence-electron chi connectivity index (χ0n) is 11.4. The normalized spacial score (nSPS) is 11.8. The predicted molar refractivity (Wildman–Crippen MR) is 81.2 cm³/mol. The van der Waals surface area contributed by atoms with E-state index in [1.54, 1.807) is 0 Å². The van der Waals surface area contributed by atoms with Crippen LogP contribution in [0.1, 0.15) is 19.7 Å². The number of nitrogens with zero attached hydrogens (tertiary/aromatic N) is 1. The number of benzene rings is 2. The Labute approximate surface area is 122 Å². The van der Waals surface area contributed by atoms with Crippen molar-refractivity contribution in [2.24, 2.45) is 0 Å². The SMILES string of the molecule is CC(C)(Oc1ccc(Cl)cc1)c1nc2ccccc2[nH]1. The minimum absolute atomic E-state index is 0.549. The molecule has 0 aliphatic carbocycles. The monoisotopic (exact) mass is 286 g/mol. The van der Waals surface area contributed by atoms with E-state index in [0.29, 0.717) is 5.02 Å². The Kier molecular flexibility index (Phi) is 3.14. The number of nitrogens with one attached hydrogen (secondary N) is 1. The third-order valence-corrected chi connectivity index (χ3v) is 3.40. The Morgan fingerprint density at radius 3 is 2.45 bits per heavy atom. The Hall–Kier alpha value is -2.00. The van der Waals surface area contributed by atoms with Crippen LogP contribution in [0.3, 0.4) is 0 Å². The maximum Gasteiger partial charge on any atom is 0.160 e. The first-order valence-corrected chi connectivity index (χ1v) is 6.82. The van der Waals surface area contributed by atoms with Crippen LogP contribution < -0.4 is 4.74 Å². The van der Waals surface area contributed by atoms with Gasteiger partial charge in [-0.1, -0.05) is 23.7 Å². The first-order chi connectivity index (χ1) is 9.54. The van der Waals surface area contributed by atoms with Gasteiger partial charge in [0.2, 0.25) is 0 Å². The summed E-state index contributed by atoms with van der Waals surface area (Å²) in [6.07, 6.45) is 0. The maximum absolute atomic E-state index is 6.02. The van der Waals surface area contributed by atoms with Crippen LogP contribution in [0, 0.1) is 0 Å². The van der Waals surface area contributed by atoms with Gasteiger partial charge < -0.3 is 9.72 Å². The molecule has 0 radical (unpaired) electrons. The minimum Gasteiger partial charge on any atom is -0.480 e. The number of rotatable bonds is 3. The van der Waals surface area contributed by atoms with E-state index in [-0.39, 0.29) is 0 Å². The second-order valence-corrected chi connectivity index (χ2v) is 5.61. The Morgan fingerprint density at radius 2 is 1.75 bits per heavy atom. The van der Waals surface area contributed by atoms with Crippen LogP contribution in [-0.2, 0) is 5.60 Å². The number of para-hydroxylation sites is 2. The van der Waals surface area contributed by atoms with Crippen molar-refractivity contribution in [3.8, 4) is 5.75 Å². The van der Waals surface area contributed by atoms with Crippen molar-refractivity contribution >= 4 is 22.6 Å². The van der Waals surface area contributed by atoms with Gasteiger partial charge in [-0.2, -0.15) is 0 Å². The average molecular weight is 287 g/mol. The molecule has 0 spiro atoms. The lowest BCUT2D eigenvalue weighted by atomic mass is 10.1. The summed E-state index contributed by atoms with van der Waals surface area (Å²) >= 11 is 5.88. The Morgan fingerprint density at radius 1 is 1.05 bits per heavy atom. The summed E-state index contributed by atoms with van der Waals surface area (Å²) in [4.78, 5) is 7.90. The molecule has 2 aromatic carbocycles. The van der Waals surface area contributed by atoms with E-state index in [4.69, 9.17) is 16.3 Å². The smallest absolute Gasteiger partial charge is 0.160 e. The summed E-state index contributed by atoms with van der Waals surface area (Å²) in [7, 11) is 0. The molecule has 0 atom stereocenters. The molecule has 0 unspecified atom stereocenters. The molecular weight excluding hydrogens is 272 g/mol. The molecule has 1 N–H and O–H groups in total. The molecule has 0 saturated carbocycles. The number of hydrogen-bond acceptors (Lipinski definition) is 2. The number of fused-ring (bicyclic) bond motifs is 1. The molecule has 0 amide bonds. The summed E-state index contributed by atoms with van der Waals surface area (Å²) in [6, 6.07) is 15.3. The third-order valence-electron chi connectivity index (χ3n) is 3.15. The largest absolute Gasteiger partial charge is 0.480 e. The lowest BCUT2D eigenvalue weighted by molar-refractivity contribution is 0.0998. The molecule has 0 bridgehead atoms. The molecule has 3 aromatic rings. The van der Waals surface area contributed by atoms with Crippen LogP contribution >= 0.6 is 11.6 Å². The number of H-pyrrole nitrogens is 1. The number of aromatic nitrogens is 2. The van der Waals surface area contributed by atoms with Crippen LogP contribution in [-0.4, -0.2) is 9.97 Å². The topological polar surface area (TPSA) is 37.9 Å². The van der Waals surface area contributed by atoms with Gasteiger partial charge in [0.15, 0.2) is 11.4 Å². The van der Waals surface area contributed by atoms with Gasteiger partial charge in [-0.3, -0.25) is 0 Å². The van der Waals surface area contributed by atoms with E-state index in [1.807, 2.05) is 62.4 Å². The molecule has 3 rings (SSSR count). The van der Waals surface area contributed by atoms with Crippen molar-refractivity contribution in [3.05, 3.63) is 59.4 Å². The van der Waals surface area contributed by atoms with Crippen LogP contribution in [0.25, 0.3) is 11.0 Å². The molecule has 4 heteroatoms. The number of ether oxygens (including phenoxy) is 1. The van der Waals surface area contributed by atoms with Gasteiger partial charge in [0.25, 0.3) is 0 Å². The predicted octanol–water partition coefficient (Wildman–Crippen LogP) is 4.53. The van der Waals surface area contributed by atoms with Crippen molar-refractivity contribution in [3.63, 3.8) is 0 Å². The highest BCUT2D eigenvalue weighted by atomic mass is 35.5. The maximum atomic E-state index is 6.02. The van der Waals surface area contributed by atoms with E-state index in [1.165, 1.54) is 0 Å². The standard InChI is InChI=1S/C16H15ClN2O/c1-16(2,20-12-9-7-11(17)8-10-12)15-18-13-5-3-4-6-14(13)19-15/h3-10H,1-2H3,(H,18,19). The van der Waals surface area contributed by atoms with Crippen LogP contribution in [0.15, 0.2) is 48.5 Å². The fourth-order valence-corrected chi connectivity index (χ4v) is 2.21. The average Bonchev–Trinajstić information content (AvgIpc) is 2.86. The molecule has 0 aliphatic rings. The highest BCUT2D eigenvalue weighted by Crippen LogP contribution is 2.28. The number of hydrogen-bond donors (Lipinski definition) is 1. The molecule has 0 saturated heterocycles. The Bertz CT molecular complexity index is 699. The third kappa shape index (κ3) is 2.49. The fraction of sp³-hybridized carbons (Fsp3) is 0.188. The molecule has 102 valence electrons. The van der Waals surface area contributed by atoms with Gasteiger partial charge >= 0.3 is 0 Å². The highest BCUT2D eigenvalue weighted by molar-refractivity contribution is 6.30. The first kappa shape index (κ1) is 13.0. The van der Waals surface area contributed by atoms with Gasteiger partial charge in [0.1, 0.15) is 5.75 Å². The molecular formula is C16H15ClN2O. The molecule has 1 heterocycles. The number of aromatic amines is 1. The summed E-state index contributed by atoms with van der Waals surface area (Å²) in [5.41, 5.74) is 1.40. The highest BCUT2D eigenvalue weighted by Gasteiger charge is 2.26. The molecule has 1 aromatic heterocycles. The van der Waals surface area contributed by atoms with Crippen LogP contribution in [0.5, 0.6) is 5.75 Å². The van der Waals surface area contributed by atoms with Gasteiger partial charge in [0, 0.05) is 5.02 Å². The zero-order chi connectivity index (χ0) is 14.2. The van der Waals surface area contributed by atoms with E-state index in [9.17, 15) is 0 Å². The van der Waals surface area contributed by atoms with Crippen LogP contribution in [0.2, 0.25) is 5.02 Å². The Balaban J connectivity index is 1.92. The fourth-order valence-electron chi connectivity index (χ4n) is 2.08. The lowest BCUT2D eigenvalue weighted by Gasteiger charge is -2.24. The van der Waals surface area contributed by atoms with Crippen LogP contribution in [0.4, 0.5) is 0 Å². The quantitative estimate of drug-likeness (QED) is 0.768. The van der Waals surface area contributed by atoms with Gasteiger partial charge in [-0.25, -0.2) is 4.98 Å². The van der Waals surface area contributed by atoms with E-state index in [2.05, 4.69) is 9.97 Å². The van der Waals surface area contributed by atoms with Crippen molar-refractivity contribution in [2.45, 2.75) is 19.4 Å². The van der Waals surface area contributed by atoms with Gasteiger partial charge in [-0.05, 0) is 50.2 Å². The summed E-state index contributed by atoms with van der Waals surface area (Å²) in [6.45, 7) is 3.97. The van der Waals surface area contributed by atoms with Crippen molar-refractivity contribution in [2.75, 3.05) is 0 Å². The van der Waals surface area contributed by atoms with Crippen molar-refractivity contribution in [1.29, 1.82) is 0 Å². The van der Waals surface area contributed by atoms with Gasteiger partial charge in [-0.15, -0.1) is 0 Å². The summed E-state index contributed by atoms with van der Waals surface area (Å²) < 4.78 is 6.02. The zero-order valence-corrected chi connectivity index (χ0v) is 12.1. The molecule has 0 fully saturated rings. The van der Waals surface area contributed by atoms with Gasteiger partial charge in [0.05, 0.1) is 11.0 Å². The minimum atomic E-state index is -0.549. The molecule has 0 aliphatic heterocycles. The first-order valence-electron chi connectivity index (χ1n) is 6.44. The lowest BCUT2D eigenvalue weighted by Crippen LogP contribution is -2.26. The van der Waals surface area contributed by atoms with E-state index < -0.39 is 5.60 Å². The van der Waals surface area contributed by atoms with E-state index in [0.717, 1.165) is 22.6 Å². The number of imidazole rings is 1.